The molecule has 0 aliphatic heterocycles. The second kappa shape index (κ2) is 16.3. The van der Waals surface area contributed by atoms with Crippen molar-refractivity contribution in [3.05, 3.63) is 25.3 Å². The smallest absolute Gasteiger partial charge is 0.0154 e. The largest absolute Gasteiger partial charge is 0.327 e. The van der Waals surface area contributed by atoms with E-state index in [1.54, 1.807) is 6.08 Å². The van der Waals surface area contributed by atoms with Gasteiger partial charge < -0.3 is 10.6 Å². The van der Waals surface area contributed by atoms with E-state index in [1.807, 2.05) is 20.2 Å². The third-order valence-electron chi connectivity index (χ3n) is 0.661. The van der Waals surface area contributed by atoms with E-state index >= 15 is 0 Å². The Hall–Kier alpha value is -0.310. The molecule has 0 fully saturated rings. The molecular weight excluding hydrogens is 160 g/mol. The van der Waals surface area contributed by atoms with Crippen LogP contribution < -0.4 is 5.73 Å². The number of rotatable bonds is 3. The summed E-state index contributed by atoms with van der Waals surface area (Å²) < 4.78 is 0. The van der Waals surface area contributed by atoms with Gasteiger partial charge in [-0.3, -0.25) is 0 Å². The molecule has 0 atom stereocenters. The first-order valence-corrected chi connectivity index (χ1v) is 3.25. The Balaban J connectivity index is -0.000000114. The first-order valence-electron chi connectivity index (χ1n) is 3.25. The van der Waals surface area contributed by atoms with Crippen LogP contribution in [0.2, 0.25) is 0 Å². The molecule has 0 aromatic carbocycles. The van der Waals surface area contributed by atoms with Crippen LogP contribution in [0.15, 0.2) is 25.3 Å². The van der Waals surface area contributed by atoms with Crippen LogP contribution >= 0.6 is 12.4 Å². The molecule has 0 aromatic rings. The maximum atomic E-state index is 4.91. The molecule has 0 aliphatic carbocycles. The highest BCUT2D eigenvalue weighted by Crippen LogP contribution is 1.69. The van der Waals surface area contributed by atoms with E-state index < -0.39 is 0 Å². The Labute approximate surface area is 76.2 Å². The van der Waals surface area contributed by atoms with Crippen LogP contribution in [0.4, 0.5) is 0 Å². The zero-order chi connectivity index (χ0) is 8.41. The van der Waals surface area contributed by atoms with Crippen LogP contribution in [0.25, 0.3) is 0 Å². The third-order valence-corrected chi connectivity index (χ3v) is 0.661. The summed E-state index contributed by atoms with van der Waals surface area (Å²) in [4.78, 5) is 2.06. The normalized spacial score (nSPS) is 7.27. The summed E-state index contributed by atoms with van der Waals surface area (Å²) >= 11 is 0. The highest BCUT2D eigenvalue weighted by Gasteiger charge is 1.75. The maximum Gasteiger partial charge on any atom is 0.0154 e. The van der Waals surface area contributed by atoms with Gasteiger partial charge in [0.2, 0.25) is 0 Å². The van der Waals surface area contributed by atoms with Gasteiger partial charge in [0, 0.05) is 13.1 Å². The standard InChI is InChI=1S/C5H11N.C3H7N.ClH/c1-4-5-6(2)3;1-2-3-4;/h4H,1,5H2,2-3H3;2H,1,3-4H2;1H. The summed E-state index contributed by atoms with van der Waals surface area (Å²) in [5, 5.41) is 0. The van der Waals surface area contributed by atoms with Gasteiger partial charge in [-0.25, -0.2) is 0 Å². The Kier molecular flexibility index (Phi) is 25.2. The number of halogens is 1. The molecule has 0 radical (unpaired) electrons. The van der Waals surface area contributed by atoms with Crippen LogP contribution in [0.3, 0.4) is 0 Å². The van der Waals surface area contributed by atoms with Gasteiger partial charge in [0.1, 0.15) is 0 Å². The van der Waals surface area contributed by atoms with Crippen LogP contribution in [0, 0.1) is 0 Å². The zero-order valence-corrected chi connectivity index (χ0v) is 8.23. The van der Waals surface area contributed by atoms with Crippen molar-refractivity contribution in [1.29, 1.82) is 0 Å². The van der Waals surface area contributed by atoms with Gasteiger partial charge in [0.05, 0.1) is 0 Å². The van der Waals surface area contributed by atoms with Crippen molar-refractivity contribution in [3.8, 4) is 0 Å². The Morgan fingerprint density at radius 2 is 1.64 bits per heavy atom. The summed E-state index contributed by atoms with van der Waals surface area (Å²) in [6.45, 7) is 8.47. The second-order valence-corrected chi connectivity index (χ2v) is 2.08. The molecule has 11 heavy (non-hydrogen) atoms. The fourth-order valence-corrected chi connectivity index (χ4v) is 0.258. The first kappa shape index (κ1) is 17.0. The van der Waals surface area contributed by atoms with Crippen LogP contribution in [-0.4, -0.2) is 32.1 Å². The molecule has 2 N–H and O–H groups in total. The molecule has 0 saturated carbocycles. The fourth-order valence-electron chi connectivity index (χ4n) is 0.258. The number of nitrogens with zero attached hydrogens (tertiary/aromatic N) is 1. The summed E-state index contributed by atoms with van der Waals surface area (Å²) in [6.07, 6.45) is 3.53. The minimum absolute atomic E-state index is 0. The predicted molar refractivity (Wildman–Crippen MR) is 55.3 cm³/mol. The lowest BCUT2D eigenvalue weighted by Gasteiger charge is -2.01. The summed E-state index contributed by atoms with van der Waals surface area (Å²) in [6, 6.07) is 0. The lowest BCUT2D eigenvalue weighted by atomic mass is 10.6. The topological polar surface area (TPSA) is 29.3 Å². The molecule has 0 amide bonds. The van der Waals surface area contributed by atoms with Gasteiger partial charge in [0.15, 0.2) is 0 Å². The van der Waals surface area contributed by atoms with Crippen LogP contribution in [0.5, 0.6) is 0 Å². The number of hydrogen-bond donors (Lipinski definition) is 1. The molecule has 2 nitrogen and oxygen atoms in total. The molecule has 0 bridgehead atoms. The Morgan fingerprint density at radius 1 is 1.27 bits per heavy atom. The van der Waals surface area contributed by atoms with E-state index in [0.29, 0.717) is 6.54 Å². The average Bonchev–Trinajstić information content (AvgIpc) is 1.89. The highest BCUT2D eigenvalue weighted by molar-refractivity contribution is 5.85. The first-order chi connectivity index (χ1) is 4.68. The van der Waals surface area contributed by atoms with Gasteiger partial charge in [-0.1, -0.05) is 12.2 Å². The van der Waals surface area contributed by atoms with Crippen molar-refractivity contribution in [2.45, 2.75) is 0 Å². The zero-order valence-electron chi connectivity index (χ0n) is 7.42. The molecular formula is C8H19ClN2. The van der Waals surface area contributed by atoms with Crippen molar-refractivity contribution in [3.63, 3.8) is 0 Å². The van der Waals surface area contributed by atoms with Crippen LogP contribution in [-0.2, 0) is 0 Å². The van der Waals surface area contributed by atoms with Gasteiger partial charge in [-0.15, -0.1) is 25.6 Å². The van der Waals surface area contributed by atoms with E-state index in [0.717, 1.165) is 6.54 Å². The van der Waals surface area contributed by atoms with Crippen molar-refractivity contribution in [2.75, 3.05) is 27.2 Å². The highest BCUT2D eigenvalue weighted by atomic mass is 35.5. The molecule has 0 rings (SSSR count). The van der Waals surface area contributed by atoms with Gasteiger partial charge >= 0.3 is 0 Å². The lowest BCUT2D eigenvalue weighted by Crippen LogP contribution is -2.09. The molecule has 0 aromatic heterocycles. The fraction of sp³-hybridized carbons (Fsp3) is 0.500. The van der Waals surface area contributed by atoms with Crippen molar-refractivity contribution < 1.29 is 0 Å². The van der Waals surface area contributed by atoms with E-state index in [-0.39, 0.29) is 12.4 Å². The van der Waals surface area contributed by atoms with Crippen molar-refractivity contribution in [2.24, 2.45) is 5.73 Å². The minimum Gasteiger partial charge on any atom is -0.327 e. The molecule has 3 heteroatoms. The second-order valence-electron chi connectivity index (χ2n) is 2.08. The van der Waals surface area contributed by atoms with Gasteiger partial charge in [-0.05, 0) is 14.1 Å². The number of likely N-dealkylation sites (N-methyl/N-ethyl adjacent to an activating group) is 1. The quantitative estimate of drug-likeness (QED) is 0.660. The molecule has 0 saturated heterocycles. The molecule has 0 spiro atoms. The molecule has 0 heterocycles. The van der Waals surface area contributed by atoms with Gasteiger partial charge in [-0.2, -0.15) is 0 Å². The van der Waals surface area contributed by atoms with Crippen molar-refractivity contribution in [1.82, 2.24) is 4.90 Å². The molecule has 68 valence electrons. The van der Waals surface area contributed by atoms with Gasteiger partial charge in [0.25, 0.3) is 0 Å². The van der Waals surface area contributed by atoms with E-state index in [9.17, 15) is 0 Å². The van der Waals surface area contributed by atoms with E-state index in [4.69, 9.17) is 5.73 Å². The monoisotopic (exact) mass is 178 g/mol. The third kappa shape index (κ3) is 42.1. The van der Waals surface area contributed by atoms with Crippen molar-refractivity contribution >= 4 is 12.4 Å². The number of nitrogens with two attached hydrogens (primary N) is 1. The average molecular weight is 179 g/mol. The minimum atomic E-state index is 0. The van der Waals surface area contributed by atoms with Crippen LogP contribution in [0.1, 0.15) is 0 Å². The molecule has 0 aliphatic rings. The lowest BCUT2D eigenvalue weighted by molar-refractivity contribution is 0.457. The SMILES string of the molecule is C=CCN.C=CCN(C)C.Cl. The number of hydrogen-bond acceptors (Lipinski definition) is 2. The summed E-state index contributed by atoms with van der Waals surface area (Å²) in [7, 11) is 4.03. The Morgan fingerprint density at radius 3 is 1.64 bits per heavy atom. The predicted octanol–water partition coefficient (Wildman–Crippen LogP) is 1.29. The Bertz CT molecular complexity index is 82.2. The summed E-state index contributed by atoms with van der Waals surface area (Å²) in [5.74, 6) is 0. The molecule has 0 unspecified atom stereocenters. The van der Waals surface area contributed by atoms with E-state index in [1.165, 1.54) is 0 Å². The summed E-state index contributed by atoms with van der Waals surface area (Å²) in [5.41, 5.74) is 4.91. The maximum absolute atomic E-state index is 4.91. The van der Waals surface area contributed by atoms with E-state index in [2.05, 4.69) is 18.1 Å².